The molecule has 1 unspecified atom stereocenters. The molecular formula is C62H106O6. The lowest BCUT2D eigenvalue weighted by atomic mass is 10.1. The Morgan fingerprint density at radius 2 is 0.574 bits per heavy atom. The van der Waals surface area contributed by atoms with Crippen molar-refractivity contribution in [2.45, 2.75) is 277 Å². The van der Waals surface area contributed by atoms with Gasteiger partial charge in [0.05, 0.1) is 0 Å². The summed E-state index contributed by atoms with van der Waals surface area (Å²) in [4.78, 5) is 38.1. The van der Waals surface area contributed by atoms with Crippen LogP contribution in [0, 0.1) is 0 Å². The van der Waals surface area contributed by atoms with Gasteiger partial charge in [0.2, 0.25) is 0 Å². The first-order chi connectivity index (χ1) is 33.5. The van der Waals surface area contributed by atoms with E-state index in [1.807, 2.05) is 24.3 Å². The van der Waals surface area contributed by atoms with E-state index in [-0.39, 0.29) is 31.1 Å². The number of rotatable bonds is 51. The number of carbonyl (C=O) groups excluding carboxylic acids is 3. The number of allylic oxidation sites excluding steroid dienone is 14. The van der Waals surface area contributed by atoms with Crippen LogP contribution < -0.4 is 0 Å². The average molecular weight is 948 g/mol. The van der Waals surface area contributed by atoms with Crippen LogP contribution in [0.25, 0.3) is 0 Å². The van der Waals surface area contributed by atoms with E-state index in [2.05, 4.69) is 81.5 Å². The summed E-state index contributed by atoms with van der Waals surface area (Å²) in [7, 11) is 0. The lowest BCUT2D eigenvalue weighted by Gasteiger charge is -2.18. The van der Waals surface area contributed by atoms with Crippen molar-refractivity contribution in [3.8, 4) is 0 Å². The van der Waals surface area contributed by atoms with Gasteiger partial charge in [-0.1, -0.05) is 247 Å². The quantitative estimate of drug-likeness (QED) is 0.0199. The summed E-state index contributed by atoms with van der Waals surface area (Å²) >= 11 is 0. The molecule has 0 fully saturated rings. The maximum atomic E-state index is 12.8. The molecule has 0 aromatic heterocycles. The number of hydrogen-bond donors (Lipinski definition) is 0. The minimum Gasteiger partial charge on any atom is -0.462 e. The number of carbonyl (C=O) groups is 3. The zero-order chi connectivity index (χ0) is 49.3. The van der Waals surface area contributed by atoms with Gasteiger partial charge in [0.1, 0.15) is 13.2 Å². The SMILES string of the molecule is CCC\C=C/C=C\C=C/C=C\C=C/CCCCCCCC(=O)OC(COC(=O)CCCCC/C=C\CCCCCCCC)COC(=O)CCCCCCCCC/C=C\CCCCCCCCCC. The maximum Gasteiger partial charge on any atom is 0.306 e. The molecule has 0 aromatic rings. The third kappa shape index (κ3) is 53.5. The second-order valence-electron chi connectivity index (χ2n) is 19.0. The molecule has 0 heterocycles. The molecule has 390 valence electrons. The van der Waals surface area contributed by atoms with Crippen molar-refractivity contribution < 1.29 is 28.6 Å². The molecule has 0 radical (unpaired) electrons. The highest BCUT2D eigenvalue weighted by Crippen LogP contribution is 2.15. The first-order valence-electron chi connectivity index (χ1n) is 28.7. The van der Waals surface area contributed by atoms with Gasteiger partial charge in [0.15, 0.2) is 6.10 Å². The van der Waals surface area contributed by atoms with Gasteiger partial charge >= 0.3 is 17.9 Å². The highest BCUT2D eigenvalue weighted by molar-refractivity contribution is 5.71. The average Bonchev–Trinajstić information content (AvgIpc) is 3.34. The standard InChI is InChI=1S/C62H106O6/c1-4-7-10-13-16-19-22-25-27-29-31-33-34-37-40-43-46-49-52-55-61(64)67-58-59(57-66-60(63)54-51-48-45-42-39-36-24-21-18-15-12-9-6-3)68-62(65)56-53-50-47-44-41-38-35-32-30-28-26-23-20-17-14-11-8-5-2/h11,14,17,20,23,26,28-32,35-36,39,59H,4-10,12-13,15-16,18-19,21-22,24-25,27,33-34,37-38,40-58H2,1-3H3/b14-11-,20-17-,26-23-,30-28-,31-29-,35-32-,39-36-. The predicted octanol–water partition coefficient (Wildman–Crippen LogP) is 19.2. The van der Waals surface area contributed by atoms with Gasteiger partial charge in [-0.2, -0.15) is 0 Å². The fourth-order valence-corrected chi connectivity index (χ4v) is 7.87. The van der Waals surface area contributed by atoms with E-state index in [9.17, 15) is 14.4 Å². The van der Waals surface area contributed by atoms with E-state index in [4.69, 9.17) is 14.2 Å². The Bertz CT molecular complexity index is 1320. The van der Waals surface area contributed by atoms with Crippen molar-refractivity contribution in [2.24, 2.45) is 0 Å². The molecule has 6 nitrogen and oxygen atoms in total. The molecule has 0 spiro atoms. The molecule has 1 atom stereocenters. The molecular weight excluding hydrogens is 841 g/mol. The largest absolute Gasteiger partial charge is 0.462 e. The number of esters is 3. The minimum atomic E-state index is -0.798. The van der Waals surface area contributed by atoms with Crippen LogP contribution in [0.1, 0.15) is 271 Å². The fraction of sp³-hybridized carbons (Fsp3) is 0.726. The highest BCUT2D eigenvalue weighted by Gasteiger charge is 2.19. The highest BCUT2D eigenvalue weighted by atomic mass is 16.6. The molecule has 6 heteroatoms. The molecule has 0 saturated carbocycles. The third-order valence-corrected chi connectivity index (χ3v) is 12.2. The monoisotopic (exact) mass is 947 g/mol. The van der Waals surface area contributed by atoms with Gasteiger partial charge < -0.3 is 14.2 Å². The van der Waals surface area contributed by atoms with Crippen molar-refractivity contribution in [3.05, 3.63) is 85.1 Å². The molecule has 0 aliphatic heterocycles. The van der Waals surface area contributed by atoms with Gasteiger partial charge in [-0.3, -0.25) is 14.4 Å². The fourth-order valence-electron chi connectivity index (χ4n) is 7.87. The van der Waals surface area contributed by atoms with Crippen molar-refractivity contribution >= 4 is 17.9 Å². The second kappa shape index (κ2) is 56.2. The van der Waals surface area contributed by atoms with Crippen LogP contribution in [0.4, 0.5) is 0 Å². The molecule has 0 bridgehead atoms. The van der Waals surface area contributed by atoms with Gasteiger partial charge in [-0.05, 0) is 89.9 Å². The van der Waals surface area contributed by atoms with E-state index >= 15 is 0 Å². The van der Waals surface area contributed by atoms with Crippen LogP contribution in [-0.4, -0.2) is 37.2 Å². The summed E-state index contributed by atoms with van der Waals surface area (Å²) in [6.07, 6.45) is 72.8. The Hall–Kier alpha value is -3.41. The lowest BCUT2D eigenvalue weighted by molar-refractivity contribution is -0.167. The number of ether oxygens (including phenoxy) is 3. The summed E-state index contributed by atoms with van der Waals surface area (Å²) in [5.41, 5.74) is 0. The Kier molecular flexibility index (Phi) is 53.4. The van der Waals surface area contributed by atoms with Crippen molar-refractivity contribution in [1.82, 2.24) is 0 Å². The molecule has 0 aliphatic carbocycles. The van der Waals surface area contributed by atoms with Gasteiger partial charge in [-0.25, -0.2) is 0 Å². The van der Waals surface area contributed by atoms with Crippen LogP contribution in [0.5, 0.6) is 0 Å². The van der Waals surface area contributed by atoms with Gasteiger partial charge in [0, 0.05) is 19.3 Å². The number of hydrogen-bond acceptors (Lipinski definition) is 6. The summed E-state index contributed by atoms with van der Waals surface area (Å²) in [6.45, 7) is 6.52. The number of unbranched alkanes of at least 4 members (excludes halogenated alkanes) is 30. The molecule has 0 aliphatic rings. The molecule has 0 aromatic carbocycles. The summed E-state index contributed by atoms with van der Waals surface area (Å²) in [5.74, 6) is -0.935. The maximum absolute atomic E-state index is 12.8. The molecule has 68 heavy (non-hydrogen) atoms. The molecule has 0 rings (SSSR count). The zero-order valence-corrected chi connectivity index (χ0v) is 44.6. The molecule has 0 saturated heterocycles. The van der Waals surface area contributed by atoms with Crippen LogP contribution in [0.3, 0.4) is 0 Å². The normalized spacial score (nSPS) is 12.7. The Morgan fingerprint density at radius 3 is 0.941 bits per heavy atom. The van der Waals surface area contributed by atoms with Crippen LogP contribution in [-0.2, 0) is 28.6 Å². The van der Waals surface area contributed by atoms with E-state index in [1.165, 1.54) is 135 Å². The molecule has 0 N–H and O–H groups in total. The molecule has 0 amide bonds. The van der Waals surface area contributed by atoms with E-state index in [1.54, 1.807) is 0 Å². The van der Waals surface area contributed by atoms with Crippen LogP contribution in [0.15, 0.2) is 85.1 Å². The van der Waals surface area contributed by atoms with E-state index in [0.717, 1.165) is 96.3 Å². The Morgan fingerprint density at radius 1 is 0.294 bits per heavy atom. The topological polar surface area (TPSA) is 78.9 Å². The van der Waals surface area contributed by atoms with Crippen LogP contribution in [0.2, 0.25) is 0 Å². The van der Waals surface area contributed by atoms with Gasteiger partial charge in [0.25, 0.3) is 0 Å². The van der Waals surface area contributed by atoms with E-state index in [0.29, 0.717) is 19.3 Å². The predicted molar refractivity (Wildman–Crippen MR) is 293 cm³/mol. The smallest absolute Gasteiger partial charge is 0.306 e. The first-order valence-corrected chi connectivity index (χ1v) is 28.7. The zero-order valence-electron chi connectivity index (χ0n) is 44.6. The lowest BCUT2D eigenvalue weighted by Crippen LogP contribution is -2.30. The van der Waals surface area contributed by atoms with Crippen LogP contribution >= 0.6 is 0 Å². The minimum absolute atomic E-state index is 0.0940. The summed E-state index contributed by atoms with van der Waals surface area (Å²) in [6, 6.07) is 0. The Balaban J connectivity index is 4.44. The Labute approximate surface area is 420 Å². The summed E-state index contributed by atoms with van der Waals surface area (Å²) in [5, 5.41) is 0. The van der Waals surface area contributed by atoms with Gasteiger partial charge in [-0.15, -0.1) is 0 Å². The second-order valence-corrected chi connectivity index (χ2v) is 19.0. The van der Waals surface area contributed by atoms with E-state index < -0.39 is 6.10 Å². The van der Waals surface area contributed by atoms with Crippen molar-refractivity contribution in [1.29, 1.82) is 0 Å². The summed E-state index contributed by atoms with van der Waals surface area (Å²) < 4.78 is 16.8. The third-order valence-electron chi connectivity index (χ3n) is 12.2. The first kappa shape index (κ1) is 64.6. The van der Waals surface area contributed by atoms with Crippen molar-refractivity contribution in [3.63, 3.8) is 0 Å². The van der Waals surface area contributed by atoms with Crippen molar-refractivity contribution in [2.75, 3.05) is 13.2 Å².